The zero-order chi connectivity index (χ0) is 18.8. The van der Waals surface area contributed by atoms with Gasteiger partial charge in [-0.15, -0.1) is 0 Å². The molecule has 4 nitrogen and oxygen atoms in total. The summed E-state index contributed by atoms with van der Waals surface area (Å²) in [6, 6.07) is 17.1. The number of H-pyrrole nitrogens is 1. The molecule has 0 aliphatic heterocycles. The number of hydrogen-bond acceptors (Lipinski definition) is 2. The first-order chi connectivity index (χ1) is 13.1. The van der Waals surface area contributed by atoms with Gasteiger partial charge < -0.3 is 9.88 Å². The lowest BCUT2D eigenvalue weighted by Crippen LogP contribution is -2.32. The molecule has 0 spiro atoms. The normalized spacial score (nSPS) is 14.0. The molecule has 3 aromatic rings. The number of aromatic amines is 1. The molecule has 1 aromatic heterocycles. The molecule has 4 rings (SSSR count). The Labute approximate surface area is 160 Å². The highest BCUT2D eigenvalue weighted by molar-refractivity contribution is 5.78. The number of rotatable bonds is 7. The van der Waals surface area contributed by atoms with Gasteiger partial charge in [-0.05, 0) is 42.0 Å². The number of aromatic nitrogens is 2. The molecule has 1 fully saturated rings. The van der Waals surface area contributed by atoms with Gasteiger partial charge in [0.1, 0.15) is 5.82 Å². The van der Waals surface area contributed by atoms with Crippen LogP contribution in [0.4, 0.5) is 0 Å². The molecule has 140 valence electrons. The van der Waals surface area contributed by atoms with Crippen molar-refractivity contribution in [2.45, 2.75) is 58.0 Å². The minimum atomic E-state index is 0.228. The fourth-order valence-corrected chi connectivity index (χ4v) is 3.50. The van der Waals surface area contributed by atoms with E-state index >= 15 is 0 Å². The third-order valence-electron chi connectivity index (χ3n) is 5.32. The third-order valence-corrected chi connectivity index (χ3v) is 5.32. The second-order valence-corrected chi connectivity index (χ2v) is 7.85. The van der Waals surface area contributed by atoms with Crippen molar-refractivity contribution in [3.8, 4) is 0 Å². The van der Waals surface area contributed by atoms with Crippen LogP contribution in [0.3, 0.4) is 0 Å². The summed E-state index contributed by atoms with van der Waals surface area (Å²) in [6.45, 7) is 5.11. The van der Waals surface area contributed by atoms with Gasteiger partial charge in [-0.2, -0.15) is 0 Å². The number of imidazole rings is 1. The van der Waals surface area contributed by atoms with Crippen LogP contribution in [0.25, 0.3) is 11.0 Å². The van der Waals surface area contributed by atoms with Crippen molar-refractivity contribution in [1.29, 1.82) is 0 Å². The number of hydrogen-bond donors (Lipinski definition) is 1. The van der Waals surface area contributed by atoms with E-state index in [4.69, 9.17) is 0 Å². The van der Waals surface area contributed by atoms with Gasteiger partial charge in [0.05, 0.1) is 11.0 Å². The number of carbonyl (C=O) groups is 1. The molecule has 4 heteroatoms. The van der Waals surface area contributed by atoms with E-state index in [1.807, 2.05) is 24.3 Å². The zero-order valence-corrected chi connectivity index (χ0v) is 16.1. The Morgan fingerprint density at radius 1 is 1.15 bits per heavy atom. The Morgan fingerprint density at radius 3 is 2.56 bits per heavy atom. The van der Waals surface area contributed by atoms with Crippen molar-refractivity contribution in [3.05, 3.63) is 65.5 Å². The van der Waals surface area contributed by atoms with E-state index in [0.29, 0.717) is 31.3 Å². The molecular weight excluding hydrogens is 334 g/mol. The summed E-state index contributed by atoms with van der Waals surface area (Å²) >= 11 is 0. The molecule has 0 saturated heterocycles. The number of carbonyl (C=O) groups excluding carboxylic acids is 1. The summed E-state index contributed by atoms with van der Waals surface area (Å²) < 4.78 is 0. The standard InChI is InChI=1S/C23H27N3O/c1-16(2)18-9-7-17(8-10-18)15-26(19-11-12-19)23(27)14-13-22-24-20-5-3-4-6-21(20)25-22/h3-10,16,19H,11-15H2,1-2H3,(H,24,25). The lowest BCUT2D eigenvalue weighted by Gasteiger charge is -2.23. The van der Waals surface area contributed by atoms with E-state index in [1.165, 1.54) is 11.1 Å². The lowest BCUT2D eigenvalue weighted by molar-refractivity contribution is -0.132. The van der Waals surface area contributed by atoms with E-state index in [1.54, 1.807) is 0 Å². The van der Waals surface area contributed by atoms with Crippen LogP contribution < -0.4 is 0 Å². The SMILES string of the molecule is CC(C)c1ccc(CN(C(=O)CCc2nc3ccccc3[nH]2)C2CC2)cc1. The lowest BCUT2D eigenvalue weighted by atomic mass is 10.0. The first-order valence-electron chi connectivity index (χ1n) is 9.92. The van der Waals surface area contributed by atoms with Crippen LogP contribution in [0.2, 0.25) is 0 Å². The number of benzene rings is 2. The van der Waals surface area contributed by atoms with Gasteiger partial charge in [0.15, 0.2) is 0 Å². The average Bonchev–Trinajstić information content (AvgIpc) is 3.43. The number of amides is 1. The quantitative estimate of drug-likeness (QED) is 0.656. The van der Waals surface area contributed by atoms with Gasteiger partial charge in [-0.1, -0.05) is 50.2 Å². The molecule has 27 heavy (non-hydrogen) atoms. The Kier molecular flexibility index (Phi) is 4.97. The van der Waals surface area contributed by atoms with Crippen LogP contribution in [-0.2, 0) is 17.8 Å². The van der Waals surface area contributed by atoms with Crippen LogP contribution in [-0.4, -0.2) is 26.8 Å². The molecule has 0 atom stereocenters. The first kappa shape index (κ1) is 17.8. The van der Waals surface area contributed by atoms with Gasteiger partial charge in [0, 0.05) is 25.4 Å². The molecule has 0 unspecified atom stereocenters. The molecule has 1 N–H and O–H groups in total. The van der Waals surface area contributed by atoms with Crippen molar-refractivity contribution >= 4 is 16.9 Å². The minimum absolute atomic E-state index is 0.228. The molecule has 1 heterocycles. The van der Waals surface area contributed by atoms with Crippen LogP contribution in [0.15, 0.2) is 48.5 Å². The maximum absolute atomic E-state index is 12.9. The summed E-state index contributed by atoms with van der Waals surface area (Å²) in [4.78, 5) is 22.8. The maximum atomic E-state index is 12.9. The molecule has 1 aliphatic carbocycles. The second-order valence-electron chi connectivity index (χ2n) is 7.85. The summed E-state index contributed by atoms with van der Waals surface area (Å²) in [5.41, 5.74) is 4.55. The second kappa shape index (κ2) is 7.55. The Morgan fingerprint density at radius 2 is 1.89 bits per heavy atom. The van der Waals surface area contributed by atoms with E-state index in [0.717, 1.165) is 29.7 Å². The smallest absolute Gasteiger partial charge is 0.223 e. The minimum Gasteiger partial charge on any atom is -0.342 e. The average molecular weight is 361 g/mol. The number of para-hydroxylation sites is 2. The van der Waals surface area contributed by atoms with Gasteiger partial charge in [-0.25, -0.2) is 4.98 Å². The molecule has 2 aromatic carbocycles. The molecule has 0 bridgehead atoms. The fourth-order valence-electron chi connectivity index (χ4n) is 3.50. The van der Waals surface area contributed by atoms with Gasteiger partial charge in [0.2, 0.25) is 5.91 Å². The monoisotopic (exact) mass is 361 g/mol. The highest BCUT2D eigenvalue weighted by Gasteiger charge is 2.32. The van der Waals surface area contributed by atoms with Crippen molar-refractivity contribution in [2.24, 2.45) is 0 Å². The zero-order valence-electron chi connectivity index (χ0n) is 16.1. The van der Waals surface area contributed by atoms with E-state index in [9.17, 15) is 4.79 Å². The Hall–Kier alpha value is -2.62. The van der Waals surface area contributed by atoms with E-state index in [-0.39, 0.29) is 5.91 Å². The highest BCUT2D eigenvalue weighted by atomic mass is 16.2. The number of nitrogens with zero attached hydrogens (tertiary/aromatic N) is 2. The Balaban J connectivity index is 1.40. The van der Waals surface area contributed by atoms with Gasteiger partial charge >= 0.3 is 0 Å². The predicted octanol–water partition coefficient (Wildman–Crippen LogP) is 4.81. The topological polar surface area (TPSA) is 49.0 Å². The van der Waals surface area contributed by atoms with E-state index in [2.05, 4.69) is 53.0 Å². The van der Waals surface area contributed by atoms with Gasteiger partial charge in [0.25, 0.3) is 0 Å². The first-order valence-corrected chi connectivity index (χ1v) is 9.92. The summed E-state index contributed by atoms with van der Waals surface area (Å²) in [5.74, 6) is 1.65. The van der Waals surface area contributed by atoms with Crippen LogP contribution >= 0.6 is 0 Å². The summed E-state index contributed by atoms with van der Waals surface area (Å²) in [6.07, 6.45) is 3.41. The van der Waals surface area contributed by atoms with Crippen LogP contribution in [0.1, 0.15) is 56.0 Å². The van der Waals surface area contributed by atoms with E-state index < -0.39 is 0 Å². The van der Waals surface area contributed by atoms with Gasteiger partial charge in [-0.3, -0.25) is 4.79 Å². The molecule has 1 amide bonds. The van der Waals surface area contributed by atoms with Crippen molar-refractivity contribution in [3.63, 3.8) is 0 Å². The summed E-state index contributed by atoms with van der Waals surface area (Å²) in [5, 5.41) is 0. The van der Waals surface area contributed by atoms with Crippen LogP contribution in [0, 0.1) is 0 Å². The maximum Gasteiger partial charge on any atom is 0.223 e. The largest absolute Gasteiger partial charge is 0.342 e. The van der Waals surface area contributed by atoms with Crippen molar-refractivity contribution in [2.75, 3.05) is 0 Å². The molecule has 1 saturated carbocycles. The molecular formula is C23H27N3O. The fraction of sp³-hybridized carbons (Fsp3) is 0.391. The number of nitrogens with one attached hydrogen (secondary N) is 1. The predicted molar refractivity (Wildman–Crippen MR) is 109 cm³/mol. The van der Waals surface area contributed by atoms with Crippen molar-refractivity contribution in [1.82, 2.24) is 14.9 Å². The summed E-state index contributed by atoms with van der Waals surface area (Å²) in [7, 11) is 0. The van der Waals surface area contributed by atoms with Crippen molar-refractivity contribution < 1.29 is 4.79 Å². The van der Waals surface area contributed by atoms with Crippen LogP contribution in [0.5, 0.6) is 0 Å². The Bertz CT molecular complexity index is 889. The molecule has 1 aliphatic rings. The third kappa shape index (κ3) is 4.21. The highest BCUT2D eigenvalue weighted by Crippen LogP contribution is 2.29. The number of aryl methyl sites for hydroxylation is 1. The number of fused-ring (bicyclic) bond motifs is 1. The molecule has 0 radical (unpaired) electrons.